The average Bonchev–Trinajstić information content (AvgIpc) is 2.78. The molecule has 3 aromatic carbocycles. The molecule has 4 heteroatoms. The largest absolute Gasteiger partial charge is 0.419 e. The summed E-state index contributed by atoms with van der Waals surface area (Å²) in [5.41, 5.74) is 6.29. The van der Waals surface area contributed by atoms with E-state index in [2.05, 4.69) is 41.3 Å². The standard InChI is InChI=1S/C26H22N2O2/c29-26-22(12-10-17-9-11-18-5-1-2-6-19(18)15-17)27-23-16-20-7-3-13-28-14-4-8-21(24(20)28)25(23)30-26/h1-2,5-6,9-12,15-16H,3-4,7-8,13-14H2/b12-10+. The van der Waals surface area contributed by atoms with Crippen LogP contribution < -0.4 is 10.5 Å². The molecule has 0 amide bonds. The van der Waals surface area contributed by atoms with Crippen LogP contribution in [0.4, 0.5) is 5.69 Å². The Labute approximate surface area is 174 Å². The van der Waals surface area contributed by atoms with Crippen molar-refractivity contribution in [3.05, 3.63) is 81.3 Å². The van der Waals surface area contributed by atoms with Gasteiger partial charge in [-0.2, -0.15) is 0 Å². The van der Waals surface area contributed by atoms with Crippen molar-refractivity contribution < 1.29 is 4.42 Å². The number of hydrogen-bond donors (Lipinski definition) is 0. The molecule has 0 aliphatic carbocycles. The molecule has 0 bridgehead atoms. The van der Waals surface area contributed by atoms with E-state index >= 15 is 0 Å². The zero-order valence-corrected chi connectivity index (χ0v) is 16.7. The number of anilines is 1. The summed E-state index contributed by atoms with van der Waals surface area (Å²) in [5, 5.41) is 2.37. The number of aryl methyl sites for hydroxylation is 2. The third kappa shape index (κ3) is 2.83. The van der Waals surface area contributed by atoms with Gasteiger partial charge in [0.05, 0.1) is 0 Å². The first kappa shape index (κ1) is 17.5. The van der Waals surface area contributed by atoms with Crippen molar-refractivity contribution in [1.29, 1.82) is 0 Å². The van der Waals surface area contributed by atoms with Crippen LogP contribution >= 0.6 is 0 Å². The van der Waals surface area contributed by atoms with Gasteiger partial charge in [-0.25, -0.2) is 9.78 Å². The van der Waals surface area contributed by atoms with Crippen molar-refractivity contribution in [3.63, 3.8) is 0 Å². The highest BCUT2D eigenvalue weighted by Gasteiger charge is 2.27. The number of fused-ring (bicyclic) bond motifs is 3. The van der Waals surface area contributed by atoms with Crippen LogP contribution in [0.5, 0.6) is 0 Å². The van der Waals surface area contributed by atoms with Gasteiger partial charge in [0, 0.05) is 24.3 Å². The minimum absolute atomic E-state index is 0.353. The van der Waals surface area contributed by atoms with E-state index in [1.54, 1.807) is 6.08 Å². The first-order valence-electron chi connectivity index (χ1n) is 10.7. The van der Waals surface area contributed by atoms with E-state index in [4.69, 9.17) is 9.40 Å². The fourth-order valence-corrected chi connectivity index (χ4v) is 4.92. The Kier molecular flexibility index (Phi) is 3.98. The first-order valence-corrected chi connectivity index (χ1v) is 10.7. The molecule has 2 aliphatic rings. The molecule has 0 spiro atoms. The normalized spacial score (nSPS) is 15.8. The van der Waals surface area contributed by atoms with Gasteiger partial charge in [0.25, 0.3) is 0 Å². The van der Waals surface area contributed by atoms with Gasteiger partial charge in [-0.1, -0.05) is 42.5 Å². The predicted octanol–water partition coefficient (Wildman–Crippen LogP) is 5.21. The number of nitrogens with zero attached hydrogens (tertiary/aromatic N) is 2. The molecule has 4 nitrogen and oxygen atoms in total. The van der Waals surface area contributed by atoms with E-state index in [1.165, 1.54) is 34.0 Å². The molecule has 6 rings (SSSR count). The van der Waals surface area contributed by atoms with E-state index in [1.807, 2.05) is 18.2 Å². The second kappa shape index (κ2) is 6.84. The maximum Gasteiger partial charge on any atom is 0.362 e. The highest BCUT2D eigenvalue weighted by atomic mass is 16.4. The lowest BCUT2D eigenvalue weighted by molar-refractivity contribution is 0.542. The van der Waals surface area contributed by atoms with Crippen LogP contribution in [-0.4, -0.2) is 18.1 Å². The number of benzene rings is 3. The fourth-order valence-electron chi connectivity index (χ4n) is 4.92. The molecular formula is C26H22N2O2. The smallest absolute Gasteiger partial charge is 0.362 e. The van der Waals surface area contributed by atoms with Crippen LogP contribution in [0, 0.1) is 0 Å². The topological polar surface area (TPSA) is 46.3 Å². The van der Waals surface area contributed by atoms with Crippen LogP contribution in [0.2, 0.25) is 0 Å². The third-order valence-corrected chi connectivity index (χ3v) is 6.30. The van der Waals surface area contributed by atoms with E-state index in [0.29, 0.717) is 11.3 Å². The average molecular weight is 394 g/mol. The Hall–Kier alpha value is -3.40. The second-order valence-electron chi connectivity index (χ2n) is 8.23. The minimum Gasteiger partial charge on any atom is -0.419 e. The highest BCUT2D eigenvalue weighted by Crippen LogP contribution is 2.39. The Morgan fingerprint density at radius 1 is 0.933 bits per heavy atom. The van der Waals surface area contributed by atoms with Crippen molar-refractivity contribution in [1.82, 2.24) is 4.98 Å². The molecule has 0 fully saturated rings. The molecular weight excluding hydrogens is 372 g/mol. The van der Waals surface area contributed by atoms with Crippen LogP contribution in [0.1, 0.15) is 35.2 Å². The van der Waals surface area contributed by atoms with Gasteiger partial charge in [0.15, 0.2) is 5.58 Å². The van der Waals surface area contributed by atoms with Gasteiger partial charge in [0.1, 0.15) is 11.2 Å². The summed E-state index contributed by atoms with van der Waals surface area (Å²) in [7, 11) is 0. The Bertz CT molecular complexity index is 1380. The van der Waals surface area contributed by atoms with Gasteiger partial charge >= 0.3 is 5.63 Å². The Balaban J connectivity index is 1.44. The number of hydrogen-bond acceptors (Lipinski definition) is 4. The van der Waals surface area contributed by atoms with Crippen molar-refractivity contribution in [3.8, 4) is 0 Å². The molecule has 0 N–H and O–H groups in total. The Morgan fingerprint density at radius 2 is 1.77 bits per heavy atom. The van der Waals surface area contributed by atoms with Gasteiger partial charge in [0.2, 0.25) is 0 Å². The summed E-state index contributed by atoms with van der Waals surface area (Å²) < 4.78 is 5.83. The van der Waals surface area contributed by atoms with Crippen molar-refractivity contribution in [2.45, 2.75) is 25.7 Å². The van der Waals surface area contributed by atoms with E-state index < -0.39 is 0 Å². The predicted molar refractivity (Wildman–Crippen MR) is 122 cm³/mol. The van der Waals surface area contributed by atoms with E-state index in [-0.39, 0.29) is 5.63 Å². The monoisotopic (exact) mass is 394 g/mol. The lowest BCUT2D eigenvalue weighted by Crippen LogP contribution is -2.34. The molecule has 4 aromatic rings. The first-order chi connectivity index (χ1) is 14.8. The zero-order chi connectivity index (χ0) is 20.1. The second-order valence-corrected chi connectivity index (χ2v) is 8.23. The van der Waals surface area contributed by atoms with Gasteiger partial charge in [-0.05, 0) is 65.8 Å². The van der Waals surface area contributed by atoms with Gasteiger partial charge < -0.3 is 9.32 Å². The van der Waals surface area contributed by atoms with Crippen LogP contribution in [0.15, 0.2) is 57.7 Å². The van der Waals surface area contributed by atoms with E-state index in [9.17, 15) is 4.79 Å². The van der Waals surface area contributed by atoms with Gasteiger partial charge in [-0.15, -0.1) is 0 Å². The maximum absolute atomic E-state index is 12.7. The molecule has 0 saturated heterocycles. The van der Waals surface area contributed by atoms with Crippen LogP contribution in [0.25, 0.3) is 34.0 Å². The van der Waals surface area contributed by atoms with E-state index in [0.717, 1.165) is 43.4 Å². The number of rotatable bonds is 2. The lowest BCUT2D eigenvalue weighted by atomic mass is 9.91. The van der Waals surface area contributed by atoms with Crippen molar-refractivity contribution in [2.75, 3.05) is 18.0 Å². The molecule has 0 saturated carbocycles. The Morgan fingerprint density at radius 3 is 2.67 bits per heavy atom. The summed E-state index contributed by atoms with van der Waals surface area (Å²) >= 11 is 0. The van der Waals surface area contributed by atoms with Crippen molar-refractivity contribution >= 4 is 39.7 Å². The minimum atomic E-state index is -0.372. The zero-order valence-electron chi connectivity index (χ0n) is 16.7. The quantitative estimate of drug-likeness (QED) is 0.468. The summed E-state index contributed by atoms with van der Waals surface area (Å²) in [6, 6.07) is 16.6. The summed E-state index contributed by atoms with van der Waals surface area (Å²) in [5.74, 6) is 0. The molecule has 148 valence electrons. The molecule has 0 unspecified atom stereocenters. The molecule has 1 aromatic heterocycles. The molecule has 0 radical (unpaired) electrons. The lowest BCUT2D eigenvalue weighted by Gasteiger charge is -2.36. The molecule has 3 heterocycles. The maximum atomic E-state index is 12.7. The highest BCUT2D eigenvalue weighted by molar-refractivity contribution is 5.88. The molecule has 0 atom stereocenters. The van der Waals surface area contributed by atoms with Crippen LogP contribution in [0.3, 0.4) is 0 Å². The van der Waals surface area contributed by atoms with Crippen molar-refractivity contribution in [2.24, 2.45) is 0 Å². The van der Waals surface area contributed by atoms with Gasteiger partial charge in [-0.3, -0.25) is 0 Å². The summed E-state index contributed by atoms with van der Waals surface area (Å²) in [6.07, 6.45) is 7.99. The number of aromatic nitrogens is 1. The molecule has 2 aliphatic heterocycles. The third-order valence-electron chi connectivity index (χ3n) is 6.30. The SMILES string of the molecule is O=c1oc2c3c4c(cc2nc1/C=C/c1ccc2ccccc2c1)CCCN4CCC3. The fraction of sp³-hybridized carbons (Fsp3) is 0.231. The summed E-state index contributed by atoms with van der Waals surface area (Å²) in [6.45, 7) is 2.19. The molecule has 30 heavy (non-hydrogen) atoms. The summed E-state index contributed by atoms with van der Waals surface area (Å²) in [4.78, 5) is 19.9. The van der Waals surface area contributed by atoms with Crippen LogP contribution in [-0.2, 0) is 12.8 Å².